The van der Waals surface area contributed by atoms with Crippen LogP contribution >= 0.6 is 11.8 Å². The number of thioether (sulfide) groups is 1. The fraction of sp³-hybridized carbons (Fsp3) is 0.500. The number of aliphatic hydroxyl groups is 1. The van der Waals surface area contributed by atoms with Crippen LogP contribution in [0.5, 0.6) is 0 Å². The van der Waals surface area contributed by atoms with Crippen LogP contribution in [-0.4, -0.2) is 42.3 Å². The highest BCUT2D eigenvalue weighted by Crippen LogP contribution is 2.01. The zero-order valence-corrected chi connectivity index (χ0v) is 11.8. The second-order valence-electron chi connectivity index (χ2n) is 4.02. The summed E-state index contributed by atoms with van der Waals surface area (Å²) in [5.41, 5.74) is 1.06. The predicted octanol–water partition coefficient (Wildman–Crippen LogP) is 1.43. The Morgan fingerprint density at radius 3 is 2.79 bits per heavy atom. The predicted molar refractivity (Wildman–Crippen MR) is 78.1 cm³/mol. The minimum absolute atomic E-state index is 0.0845. The number of carbonyl (C=O) groups is 1. The number of rotatable bonds is 10. The van der Waals surface area contributed by atoms with E-state index < -0.39 is 0 Å². The van der Waals surface area contributed by atoms with Crippen LogP contribution < -0.4 is 5.32 Å². The van der Waals surface area contributed by atoms with Crippen LogP contribution in [0, 0.1) is 0 Å². The Labute approximate surface area is 118 Å². The molecule has 0 unspecified atom stereocenters. The lowest BCUT2D eigenvalue weighted by molar-refractivity contribution is -0.125. The van der Waals surface area contributed by atoms with Crippen molar-refractivity contribution >= 4 is 17.7 Å². The minimum atomic E-state index is -0.0845. The van der Waals surface area contributed by atoms with Gasteiger partial charge < -0.3 is 15.2 Å². The van der Waals surface area contributed by atoms with Crippen LogP contribution in [0.2, 0.25) is 0 Å². The maximum Gasteiger partial charge on any atom is 0.246 e. The van der Waals surface area contributed by atoms with E-state index in [1.165, 1.54) is 0 Å². The molecule has 1 amide bonds. The van der Waals surface area contributed by atoms with Crippen molar-refractivity contribution < 1.29 is 14.6 Å². The molecule has 5 heteroatoms. The fourth-order valence-electron chi connectivity index (χ4n) is 1.42. The van der Waals surface area contributed by atoms with Crippen LogP contribution in [-0.2, 0) is 16.1 Å². The van der Waals surface area contributed by atoms with Gasteiger partial charge in [-0.3, -0.25) is 4.79 Å². The van der Waals surface area contributed by atoms with E-state index in [1.54, 1.807) is 11.8 Å². The second-order valence-corrected chi connectivity index (χ2v) is 5.24. The Bertz CT molecular complexity index is 346. The molecule has 0 aliphatic carbocycles. The fourth-order valence-corrected chi connectivity index (χ4v) is 2.20. The number of carbonyl (C=O) groups excluding carboxylic acids is 1. The molecule has 0 spiro atoms. The van der Waals surface area contributed by atoms with E-state index in [1.807, 2.05) is 30.3 Å². The summed E-state index contributed by atoms with van der Waals surface area (Å²) in [5.74, 6) is 1.71. The number of hydrogen-bond acceptors (Lipinski definition) is 4. The Morgan fingerprint density at radius 2 is 2.05 bits per heavy atom. The number of nitrogens with one attached hydrogen (secondary N) is 1. The van der Waals surface area contributed by atoms with Gasteiger partial charge in [0, 0.05) is 18.9 Å². The van der Waals surface area contributed by atoms with Crippen molar-refractivity contribution in [1.29, 1.82) is 0 Å². The molecule has 0 fully saturated rings. The van der Waals surface area contributed by atoms with Crippen molar-refractivity contribution in [2.24, 2.45) is 0 Å². The van der Waals surface area contributed by atoms with E-state index in [0.29, 0.717) is 13.2 Å². The first-order chi connectivity index (χ1) is 9.33. The van der Waals surface area contributed by atoms with Gasteiger partial charge in [0.1, 0.15) is 6.61 Å². The summed E-state index contributed by atoms with van der Waals surface area (Å²) in [6, 6.07) is 9.78. The van der Waals surface area contributed by atoms with Gasteiger partial charge in [0.2, 0.25) is 5.91 Å². The molecule has 4 nitrogen and oxygen atoms in total. The lowest BCUT2D eigenvalue weighted by atomic mass is 10.2. The molecule has 0 aliphatic heterocycles. The molecule has 0 radical (unpaired) electrons. The molecule has 0 aromatic heterocycles. The van der Waals surface area contributed by atoms with Gasteiger partial charge >= 0.3 is 0 Å². The van der Waals surface area contributed by atoms with Gasteiger partial charge in [-0.25, -0.2) is 0 Å². The van der Waals surface area contributed by atoms with Gasteiger partial charge in [-0.05, 0) is 17.7 Å². The van der Waals surface area contributed by atoms with Crippen molar-refractivity contribution in [3.05, 3.63) is 35.9 Å². The van der Waals surface area contributed by atoms with Gasteiger partial charge in [0.15, 0.2) is 0 Å². The SMILES string of the molecule is O=C(COCc1ccccc1)NCCSCCCO. The maximum atomic E-state index is 11.4. The standard InChI is InChI=1S/C14H21NO3S/c16-8-4-9-19-10-7-15-14(17)12-18-11-13-5-2-1-3-6-13/h1-3,5-6,16H,4,7-12H2,(H,15,17). The van der Waals surface area contributed by atoms with Crippen molar-refractivity contribution in [1.82, 2.24) is 5.32 Å². The molecular formula is C14H21NO3S. The van der Waals surface area contributed by atoms with Crippen molar-refractivity contribution in [2.45, 2.75) is 13.0 Å². The number of amides is 1. The zero-order valence-electron chi connectivity index (χ0n) is 11.0. The first-order valence-electron chi connectivity index (χ1n) is 6.40. The van der Waals surface area contributed by atoms with Gasteiger partial charge in [0.05, 0.1) is 6.61 Å². The van der Waals surface area contributed by atoms with E-state index in [2.05, 4.69) is 5.32 Å². The summed E-state index contributed by atoms with van der Waals surface area (Å²) in [5, 5.41) is 11.4. The first-order valence-corrected chi connectivity index (χ1v) is 7.55. The maximum absolute atomic E-state index is 11.4. The lowest BCUT2D eigenvalue weighted by Crippen LogP contribution is -2.29. The normalized spacial score (nSPS) is 10.4. The molecule has 19 heavy (non-hydrogen) atoms. The third kappa shape index (κ3) is 8.64. The summed E-state index contributed by atoms with van der Waals surface area (Å²) in [7, 11) is 0. The van der Waals surface area contributed by atoms with Crippen LogP contribution in [0.15, 0.2) is 30.3 Å². The molecule has 1 aromatic carbocycles. The van der Waals surface area contributed by atoms with E-state index >= 15 is 0 Å². The molecule has 0 saturated carbocycles. The molecule has 106 valence electrons. The van der Waals surface area contributed by atoms with Crippen molar-refractivity contribution in [2.75, 3.05) is 31.3 Å². The quantitative estimate of drug-likeness (QED) is 0.638. The Kier molecular flexibility index (Phi) is 9.14. The summed E-state index contributed by atoms with van der Waals surface area (Å²) in [6.45, 7) is 1.42. The summed E-state index contributed by atoms with van der Waals surface area (Å²) in [4.78, 5) is 11.4. The molecule has 1 rings (SSSR count). The van der Waals surface area contributed by atoms with Gasteiger partial charge in [-0.15, -0.1) is 0 Å². The number of benzene rings is 1. The highest BCUT2D eigenvalue weighted by molar-refractivity contribution is 7.99. The van der Waals surface area contributed by atoms with Crippen LogP contribution in [0.3, 0.4) is 0 Å². The van der Waals surface area contributed by atoms with Gasteiger partial charge in [-0.1, -0.05) is 30.3 Å². The molecule has 0 heterocycles. The van der Waals surface area contributed by atoms with Gasteiger partial charge in [-0.2, -0.15) is 11.8 Å². The molecule has 0 atom stereocenters. The third-order valence-electron chi connectivity index (χ3n) is 2.36. The molecular weight excluding hydrogens is 262 g/mol. The number of aliphatic hydroxyl groups excluding tert-OH is 1. The highest BCUT2D eigenvalue weighted by Gasteiger charge is 2.00. The average Bonchev–Trinajstić information content (AvgIpc) is 2.44. The highest BCUT2D eigenvalue weighted by atomic mass is 32.2. The van der Waals surface area contributed by atoms with Crippen LogP contribution in [0.25, 0.3) is 0 Å². The number of ether oxygens (including phenoxy) is 1. The van der Waals surface area contributed by atoms with Crippen LogP contribution in [0.4, 0.5) is 0 Å². The molecule has 2 N–H and O–H groups in total. The first kappa shape index (κ1) is 16.0. The smallest absolute Gasteiger partial charge is 0.246 e. The second kappa shape index (κ2) is 10.8. The molecule has 0 aliphatic rings. The number of hydrogen-bond donors (Lipinski definition) is 2. The Morgan fingerprint density at radius 1 is 1.26 bits per heavy atom. The Balaban J connectivity index is 1.96. The van der Waals surface area contributed by atoms with Crippen molar-refractivity contribution in [3.8, 4) is 0 Å². The summed E-state index contributed by atoms with van der Waals surface area (Å²) in [6.07, 6.45) is 0.804. The van der Waals surface area contributed by atoms with E-state index in [4.69, 9.17) is 9.84 Å². The van der Waals surface area contributed by atoms with E-state index in [0.717, 1.165) is 23.5 Å². The lowest BCUT2D eigenvalue weighted by Gasteiger charge is -2.06. The van der Waals surface area contributed by atoms with E-state index in [-0.39, 0.29) is 19.1 Å². The van der Waals surface area contributed by atoms with E-state index in [9.17, 15) is 4.79 Å². The summed E-state index contributed by atoms with van der Waals surface area (Å²) >= 11 is 1.72. The largest absolute Gasteiger partial charge is 0.396 e. The zero-order chi connectivity index (χ0) is 13.8. The molecule has 0 saturated heterocycles. The topological polar surface area (TPSA) is 58.6 Å². The van der Waals surface area contributed by atoms with Crippen LogP contribution in [0.1, 0.15) is 12.0 Å². The molecule has 0 bridgehead atoms. The van der Waals surface area contributed by atoms with Crippen molar-refractivity contribution in [3.63, 3.8) is 0 Å². The molecule has 1 aromatic rings. The van der Waals surface area contributed by atoms with Gasteiger partial charge in [0.25, 0.3) is 0 Å². The third-order valence-corrected chi connectivity index (χ3v) is 3.43. The minimum Gasteiger partial charge on any atom is -0.396 e. The average molecular weight is 283 g/mol. The Hall–Kier alpha value is -1.04. The summed E-state index contributed by atoms with van der Waals surface area (Å²) < 4.78 is 5.33. The monoisotopic (exact) mass is 283 g/mol.